The molecule has 0 aromatic heterocycles. The Morgan fingerprint density at radius 2 is 2.12 bits per heavy atom. The standard InChI is InChI=1S/C13H24N2S/c1-2-3-6-9-14-12-15-10-13(11-16-12)7-4-5-8-13/h2-11H2,1H3,(H,14,15). The highest BCUT2D eigenvalue weighted by Gasteiger charge is 2.36. The van der Waals surface area contributed by atoms with E-state index >= 15 is 0 Å². The number of thioether (sulfide) groups is 1. The number of hydrogen-bond acceptors (Lipinski definition) is 3. The molecule has 0 aromatic rings. The lowest BCUT2D eigenvalue weighted by Crippen LogP contribution is -2.33. The first-order chi connectivity index (χ1) is 7.85. The van der Waals surface area contributed by atoms with Gasteiger partial charge in [0.15, 0.2) is 5.17 Å². The minimum atomic E-state index is 0.583. The molecule has 0 unspecified atom stereocenters. The molecule has 1 heterocycles. The van der Waals surface area contributed by atoms with Gasteiger partial charge in [-0.2, -0.15) is 0 Å². The second-order valence-electron chi connectivity index (χ2n) is 5.25. The van der Waals surface area contributed by atoms with Crippen molar-refractivity contribution in [1.29, 1.82) is 0 Å². The molecule has 16 heavy (non-hydrogen) atoms. The van der Waals surface area contributed by atoms with Crippen molar-refractivity contribution in [2.75, 3.05) is 18.8 Å². The van der Waals surface area contributed by atoms with Gasteiger partial charge in [-0.15, -0.1) is 0 Å². The monoisotopic (exact) mass is 240 g/mol. The summed E-state index contributed by atoms with van der Waals surface area (Å²) in [4.78, 5) is 4.73. The number of rotatable bonds is 4. The van der Waals surface area contributed by atoms with Crippen LogP contribution in [0, 0.1) is 5.41 Å². The quantitative estimate of drug-likeness (QED) is 0.761. The van der Waals surface area contributed by atoms with Gasteiger partial charge in [0, 0.05) is 18.8 Å². The van der Waals surface area contributed by atoms with Gasteiger partial charge in [0.2, 0.25) is 0 Å². The number of nitrogens with zero attached hydrogens (tertiary/aromatic N) is 1. The van der Waals surface area contributed by atoms with Gasteiger partial charge in [-0.3, -0.25) is 4.99 Å². The highest BCUT2D eigenvalue weighted by Crippen LogP contribution is 2.43. The van der Waals surface area contributed by atoms with Crippen molar-refractivity contribution >= 4 is 16.9 Å². The lowest BCUT2D eigenvalue weighted by atomic mass is 9.89. The summed E-state index contributed by atoms with van der Waals surface area (Å²) >= 11 is 1.96. The summed E-state index contributed by atoms with van der Waals surface area (Å²) in [6, 6.07) is 0. The Morgan fingerprint density at radius 3 is 2.75 bits per heavy atom. The predicted octanol–water partition coefficient (Wildman–Crippen LogP) is 3.43. The van der Waals surface area contributed by atoms with Crippen LogP contribution >= 0.6 is 11.8 Å². The van der Waals surface area contributed by atoms with Crippen LogP contribution in [0.4, 0.5) is 0 Å². The molecule has 1 spiro atoms. The minimum Gasteiger partial charge on any atom is -0.365 e. The zero-order valence-electron chi connectivity index (χ0n) is 10.4. The lowest BCUT2D eigenvalue weighted by Gasteiger charge is -2.31. The molecule has 1 saturated carbocycles. The van der Waals surface area contributed by atoms with Gasteiger partial charge < -0.3 is 5.32 Å². The molecule has 2 aliphatic rings. The fraction of sp³-hybridized carbons (Fsp3) is 0.923. The predicted molar refractivity (Wildman–Crippen MR) is 73.2 cm³/mol. The third-order valence-corrected chi connectivity index (χ3v) is 5.10. The first-order valence-corrected chi connectivity index (χ1v) is 7.74. The largest absolute Gasteiger partial charge is 0.365 e. The fourth-order valence-corrected chi connectivity index (χ4v) is 3.84. The third-order valence-electron chi connectivity index (χ3n) is 3.79. The Hall–Kier alpha value is -0.180. The van der Waals surface area contributed by atoms with Gasteiger partial charge in [0.1, 0.15) is 0 Å². The highest BCUT2D eigenvalue weighted by molar-refractivity contribution is 8.13. The van der Waals surface area contributed by atoms with Crippen LogP contribution in [0.15, 0.2) is 4.99 Å². The molecule has 1 aliphatic carbocycles. The zero-order valence-corrected chi connectivity index (χ0v) is 11.2. The number of aliphatic imine (C=N–C) groups is 1. The van der Waals surface area contributed by atoms with E-state index in [0.29, 0.717) is 5.41 Å². The molecule has 1 N–H and O–H groups in total. The number of nitrogens with one attached hydrogen (secondary N) is 1. The van der Waals surface area contributed by atoms with Crippen molar-refractivity contribution in [2.45, 2.75) is 51.9 Å². The van der Waals surface area contributed by atoms with Gasteiger partial charge >= 0.3 is 0 Å². The molecular weight excluding hydrogens is 216 g/mol. The molecule has 92 valence electrons. The molecule has 3 heteroatoms. The maximum Gasteiger partial charge on any atom is 0.156 e. The van der Waals surface area contributed by atoms with Crippen molar-refractivity contribution in [1.82, 2.24) is 5.32 Å². The lowest BCUT2D eigenvalue weighted by molar-refractivity contribution is 0.358. The Kier molecular flexibility index (Phi) is 4.56. The van der Waals surface area contributed by atoms with E-state index in [4.69, 9.17) is 4.99 Å². The smallest absolute Gasteiger partial charge is 0.156 e. The van der Waals surface area contributed by atoms with Gasteiger partial charge in [0.05, 0.1) is 0 Å². The molecule has 1 fully saturated rings. The van der Waals surface area contributed by atoms with E-state index in [9.17, 15) is 0 Å². The average molecular weight is 240 g/mol. The molecule has 0 aromatic carbocycles. The van der Waals surface area contributed by atoms with Crippen molar-refractivity contribution in [3.63, 3.8) is 0 Å². The van der Waals surface area contributed by atoms with E-state index in [1.807, 2.05) is 11.8 Å². The normalized spacial score (nSPS) is 23.4. The van der Waals surface area contributed by atoms with E-state index in [2.05, 4.69) is 12.2 Å². The summed E-state index contributed by atoms with van der Waals surface area (Å²) in [6.07, 6.45) is 9.57. The van der Waals surface area contributed by atoms with E-state index < -0.39 is 0 Å². The summed E-state index contributed by atoms with van der Waals surface area (Å²) in [7, 11) is 0. The molecule has 0 atom stereocenters. The van der Waals surface area contributed by atoms with Gasteiger partial charge in [-0.1, -0.05) is 44.4 Å². The van der Waals surface area contributed by atoms with Crippen LogP contribution in [-0.4, -0.2) is 24.0 Å². The molecular formula is C13H24N2S. The number of amidine groups is 1. The van der Waals surface area contributed by atoms with Crippen LogP contribution in [0.1, 0.15) is 51.9 Å². The minimum absolute atomic E-state index is 0.583. The summed E-state index contributed by atoms with van der Waals surface area (Å²) < 4.78 is 0. The second kappa shape index (κ2) is 5.95. The van der Waals surface area contributed by atoms with Crippen molar-refractivity contribution in [2.24, 2.45) is 10.4 Å². The van der Waals surface area contributed by atoms with Crippen molar-refractivity contribution < 1.29 is 0 Å². The Bertz CT molecular complexity index is 244. The molecule has 0 amide bonds. The molecule has 2 rings (SSSR count). The van der Waals surface area contributed by atoms with E-state index in [0.717, 1.165) is 13.1 Å². The second-order valence-corrected chi connectivity index (χ2v) is 6.22. The highest BCUT2D eigenvalue weighted by atomic mass is 32.2. The molecule has 0 radical (unpaired) electrons. The van der Waals surface area contributed by atoms with Crippen LogP contribution in [-0.2, 0) is 0 Å². The topological polar surface area (TPSA) is 24.4 Å². The van der Waals surface area contributed by atoms with Crippen LogP contribution < -0.4 is 5.32 Å². The molecule has 1 aliphatic heterocycles. The van der Waals surface area contributed by atoms with Crippen LogP contribution in [0.2, 0.25) is 0 Å². The first kappa shape index (κ1) is 12.3. The van der Waals surface area contributed by atoms with Crippen LogP contribution in [0.25, 0.3) is 0 Å². The Labute approximate surface area is 104 Å². The van der Waals surface area contributed by atoms with E-state index in [1.54, 1.807) is 0 Å². The molecule has 0 bridgehead atoms. The Morgan fingerprint density at radius 1 is 1.31 bits per heavy atom. The molecule has 2 nitrogen and oxygen atoms in total. The van der Waals surface area contributed by atoms with Crippen molar-refractivity contribution in [3.05, 3.63) is 0 Å². The summed E-state index contributed by atoms with van der Waals surface area (Å²) in [5.41, 5.74) is 0.583. The van der Waals surface area contributed by atoms with E-state index in [1.165, 1.54) is 55.9 Å². The van der Waals surface area contributed by atoms with Gasteiger partial charge in [-0.25, -0.2) is 0 Å². The summed E-state index contributed by atoms with van der Waals surface area (Å²) in [6.45, 7) is 4.43. The summed E-state index contributed by atoms with van der Waals surface area (Å²) in [5, 5.41) is 4.68. The third kappa shape index (κ3) is 3.16. The fourth-order valence-electron chi connectivity index (χ4n) is 2.66. The van der Waals surface area contributed by atoms with Crippen LogP contribution in [0.5, 0.6) is 0 Å². The summed E-state index contributed by atoms with van der Waals surface area (Å²) in [5.74, 6) is 1.30. The van der Waals surface area contributed by atoms with Crippen molar-refractivity contribution in [3.8, 4) is 0 Å². The maximum atomic E-state index is 4.73. The van der Waals surface area contributed by atoms with E-state index in [-0.39, 0.29) is 0 Å². The zero-order chi connectivity index (χ0) is 11.3. The Balaban J connectivity index is 1.71. The molecule has 0 saturated heterocycles. The van der Waals surface area contributed by atoms with Gasteiger partial charge in [0.25, 0.3) is 0 Å². The first-order valence-electron chi connectivity index (χ1n) is 6.76. The average Bonchev–Trinajstić information content (AvgIpc) is 2.76. The number of hydrogen-bond donors (Lipinski definition) is 1. The maximum absolute atomic E-state index is 4.73. The van der Waals surface area contributed by atoms with Gasteiger partial charge in [-0.05, 0) is 24.7 Å². The SMILES string of the molecule is CCCCCNC1=NCC2(CCCC2)CS1. The number of unbranched alkanes of at least 4 members (excludes halogenated alkanes) is 2. The van der Waals surface area contributed by atoms with Crippen LogP contribution in [0.3, 0.4) is 0 Å².